The van der Waals surface area contributed by atoms with Gasteiger partial charge in [0.15, 0.2) is 0 Å². The van der Waals surface area contributed by atoms with Crippen molar-refractivity contribution in [1.82, 2.24) is 24.6 Å². The van der Waals surface area contributed by atoms with Crippen molar-refractivity contribution in [3.05, 3.63) is 42.6 Å². The number of alkyl halides is 3. The van der Waals surface area contributed by atoms with Crippen LogP contribution >= 0.6 is 0 Å². The number of ketones is 1. The molecule has 0 bridgehead atoms. The Morgan fingerprint density at radius 3 is 2.48 bits per heavy atom. The van der Waals surface area contributed by atoms with Crippen LogP contribution in [-0.2, 0) is 11.2 Å². The Bertz CT molecular complexity index is 1150. The molecule has 6 nitrogen and oxygen atoms in total. The van der Waals surface area contributed by atoms with Gasteiger partial charge in [0.05, 0.1) is 24.4 Å². The lowest BCUT2D eigenvalue weighted by molar-refractivity contribution is -0.139. The van der Waals surface area contributed by atoms with E-state index in [0.717, 1.165) is 22.0 Å². The molecule has 2 aliphatic rings. The molecule has 4 heterocycles. The predicted octanol–water partition coefficient (Wildman–Crippen LogP) is 4.60. The van der Waals surface area contributed by atoms with E-state index < -0.39 is 12.6 Å². The van der Waals surface area contributed by atoms with Gasteiger partial charge in [-0.3, -0.25) is 19.4 Å². The van der Waals surface area contributed by atoms with E-state index in [1.807, 2.05) is 29.2 Å². The second-order valence-electron chi connectivity index (χ2n) is 9.16. The zero-order valence-electron chi connectivity index (χ0n) is 18.3. The van der Waals surface area contributed by atoms with E-state index in [0.29, 0.717) is 37.7 Å². The van der Waals surface area contributed by atoms with Crippen LogP contribution in [0.15, 0.2) is 36.9 Å². The number of fused-ring (bicyclic) bond motifs is 1. The summed E-state index contributed by atoms with van der Waals surface area (Å²) in [5, 5.41) is 6.31. The lowest BCUT2D eigenvalue weighted by atomic mass is 9.90. The first kappa shape index (κ1) is 22.0. The molecule has 0 amide bonds. The first-order valence-electron chi connectivity index (χ1n) is 11.4. The average Bonchev–Trinajstić information content (AvgIpc) is 3.53. The minimum atomic E-state index is -4.14. The first-order chi connectivity index (χ1) is 15.8. The van der Waals surface area contributed by atoms with Gasteiger partial charge in [-0.1, -0.05) is 0 Å². The van der Waals surface area contributed by atoms with Gasteiger partial charge in [0.2, 0.25) is 0 Å². The van der Waals surface area contributed by atoms with Crippen molar-refractivity contribution in [3.63, 3.8) is 0 Å². The SMILES string of the molecule is O=C(Cc1cc2cc(-c3cnn(C4CC4)c3)ncc2cn1)C1CCN(CCC(F)(F)F)CC1. The summed E-state index contributed by atoms with van der Waals surface area (Å²) in [6.07, 6.45) is 6.22. The Balaban J connectivity index is 1.22. The zero-order valence-corrected chi connectivity index (χ0v) is 18.3. The number of hydrogen-bond donors (Lipinski definition) is 0. The molecule has 9 heteroatoms. The molecule has 3 aromatic heterocycles. The smallest absolute Gasteiger partial charge is 0.303 e. The molecular weight excluding hydrogens is 431 g/mol. The third-order valence-corrected chi connectivity index (χ3v) is 6.59. The number of Topliss-reactive ketones (excluding diaryl/α,β-unsaturated/α-hetero) is 1. The van der Waals surface area contributed by atoms with Crippen LogP contribution in [0.1, 0.15) is 43.8 Å². The quantitative estimate of drug-likeness (QED) is 0.519. The summed E-state index contributed by atoms with van der Waals surface area (Å²) >= 11 is 0. The molecule has 1 aliphatic carbocycles. The highest BCUT2D eigenvalue weighted by atomic mass is 19.4. The lowest BCUT2D eigenvalue weighted by Gasteiger charge is -2.31. The summed E-state index contributed by atoms with van der Waals surface area (Å²) in [7, 11) is 0. The molecule has 3 aromatic rings. The van der Waals surface area contributed by atoms with Gasteiger partial charge in [0.25, 0.3) is 0 Å². The van der Waals surface area contributed by atoms with Crippen LogP contribution in [0.5, 0.6) is 0 Å². The van der Waals surface area contributed by atoms with Gasteiger partial charge < -0.3 is 4.90 Å². The highest BCUT2D eigenvalue weighted by molar-refractivity contribution is 5.87. The van der Waals surface area contributed by atoms with Crippen molar-refractivity contribution in [3.8, 4) is 11.3 Å². The number of aromatic nitrogens is 4. The van der Waals surface area contributed by atoms with Crippen LogP contribution in [-0.4, -0.2) is 56.2 Å². The van der Waals surface area contributed by atoms with Crippen molar-refractivity contribution >= 4 is 16.6 Å². The number of halogens is 3. The van der Waals surface area contributed by atoms with Gasteiger partial charge in [0, 0.05) is 54.1 Å². The van der Waals surface area contributed by atoms with Crippen LogP contribution < -0.4 is 0 Å². The number of rotatable bonds is 7. The average molecular weight is 458 g/mol. The topological polar surface area (TPSA) is 63.9 Å². The summed E-state index contributed by atoms with van der Waals surface area (Å²) in [5.41, 5.74) is 2.51. The van der Waals surface area contributed by atoms with Crippen molar-refractivity contribution in [1.29, 1.82) is 0 Å². The second-order valence-corrected chi connectivity index (χ2v) is 9.16. The Labute approximate surface area is 189 Å². The van der Waals surface area contributed by atoms with E-state index in [2.05, 4.69) is 15.1 Å². The minimum absolute atomic E-state index is 0.00652. The molecular formula is C24H26F3N5O. The van der Waals surface area contributed by atoms with Gasteiger partial charge >= 0.3 is 6.18 Å². The van der Waals surface area contributed by atoms with E-state index in [-0.39, 0.29) is 24.7 Å². The molecule has 1 saturated heterocycles. The van der Waals surface area contributed by atoms with E-state index in [1.165, 1.54) is 12.8 Å². The van der Waals surface area contributed by atoms with E-state index in [9.17, 15) is 18.0 Å². The second kappa shape index (κ2) is 8.85. The third-order valence-electron chi connectivity index (χ3n) is 6.59. The van der Waals surface area contributed by atoms with Gasteiger partial charge in [-0.2, -0.15) is 18.3 Å². The molecule has 0 radical (unpaired) electrons. The van der Waals surface area contributed by atoms with Crippen LogP contribution in [0.2, 0.25) is 0 Å². The number of carbonyl (C=O) groups excluding carboxylic acids is 1. The molecule has 33 heavy (non-hydrogen) atoms. The monoisotopic (exact) mass is 457 g/mol. The maximum absolute atomic E-state index is 12.8. The van der Waals surface area contributed by atoms with Crippen molar-refractivity contribution in [2.75, 3.05) is 19.6 Å². The molecule has 0 aromatic carbocycles. The standard InChI is InChI=1S/C24H26F3N5O/c25-24(26,27)5-8-31-6-3-16(4-7-31)23(33)11-20-9-17-10-22(29-13-18(17)12-28-20)19-14-30-32(15-19)21-1-2-21/h9-10,12-16,21H,1-8,11H2. The van der Waals surface area contributed by atoms with Crippen LogP contribution in [0, 0.1) is 5.92 Å². The molecule has 2 fully saturated rings. The molecule has 0 spiro atoms. The molecule has 174 valence electrons. The molecule has 1 aliphatic heterocycles. The molecule has 0 N–H and O–H groups in total. The van der Waals surface area contributed by atoms with Crippen LogP contribution in [0.3, 0.4) is 0 Å². The summed E-state index contributed by atoms with van der Waals surface area (Å²) in [6.45, 7) is 1.06. The highest BCUT2D eigenvalue weighted by Gasteiger charge is 2.30. The summed E-state index contributed by atoms with van der Waals surface area (Å²) in [5.74, 6) is -0.0109. The minimum Gasteiger partial charge on any atom is -0.303 e. The third kappa shape index (κ3) is 5.40. The van der Waals surface area contributed by atoms with Gasteiger partial charge in [-0.25, -0.2) is 0 Å². The maximum atomic E-state index is 12.8. The number of carbonyl (C=O) groups is 1. The molecule has 5 rings (SSSR count). The van der Waals surface area contributed by atoms with Crippen molar-refractivity contribution < 1.29 is 18.0 Å². The number of likely N-dealkylation sites (tertiary alicyclic amines) is 1. The summed E-state index contributed by atoms with van der Waals surface area (Å²) in [6, 6.07) is 4.44. The van der Waals surface area contributed by atoms with Gasteiger partial charge in [-0.15, -0.1) is 0 Å². The van der Waals surface area contributed by atoms with E-state index in [1.54, 1.807) is 17.3 Å². The maximum Gasteiger partial charge on any atom is 0.390 e. The number of pyridine rings is 2. The van der Waals surface area contributed by atoms with Crippen LogP contribution in [0.4, 0.5) is 13.2 Å². The van der Waals surface area contributed by atoms with Gasteiger partial charge in [-0.05, 0) is 56.3 Å². The fourth-order valence-electron chi connectivity index (χ4n) is 4.43. The lowest BCUT2D eigenvalue weighted by Crippen LogP contribution is -2.38. The number of hydrogen-bond acceptors (Lipinski definition) is 5. The predicted molar refractivity (Wildman–Crippen MR) is 118 cm³/mol. The number of nitrogens with zero attached hydrogens (tertiary/aromatic N) is 5. The number of piperidine rings is 1. The van der Waals surface area contributed by atoms with Crippen molar-refractivity contribution in [2.24, 2.45) is 5.92 Å². The first-order valence-corrected chi connectivity index (χ1v) is 11.4. The molecule has 0 atom stereocenters. The van der Waals surface area contributed by atoms with Crippen LogP contribution in [0.25, 0.3) is 22.0 Å². The summed E-state index contributed by atoms with van der Waals surface area (Å²) < 4.78 is 39.3. The molecule has 0 unspecified atom stereocenters. The fraction of sp³-hybridized carbons (Fsp3) is 0.500. The Kier molecular flexibility index (Phi) is 5.90. The fourth-order valence-corrected chi connectivity index (χ4v) is 4.43. The Hall–Kier alpha value is -2.81. The van der Waals surface area contributed by atoms with E-state index >= 15 is 0 Å². The summed E-state index contributed by atoms with van der Waals surface area (Å²) in [4.78, 5) is 23.6. The normalized spacial score (nSPS) is 18.2. The highest BCUT2D eigenvalue weighted by Crippen LogP contribution is 2.35. The largest absolute Gasteiger partial charge is 0.390 e. The van der Waals surface area contributed by atoms with Gasteiger partial charge in [0.1, 0.15) is 5.78 Å². The zero-order chi connectivity index (χ0) is 23.0. The Morgan fingerprint density at radius 2 is 1.76 bits per heavy atom. The van der Waals surface area contributed by atoms with Crippen molar-refractivity contribution in [2.45, 2.75) is 50.7 Å². The van der Waals surface area contributed by atoms with E-state index in [4.69, 9.17) is 0 Å². The molecule has 1 saturated carbocycles. The Morgan fingerprint density at radius 1 is 1.00 bits per heavy atom.